The summed E-state index contributed by atoms with van der Waals surface area (Å²) in [6.45, 7) is 0.780. The molecule has 0 aromatic heterocycles. The fourth-order valence-corrected chi connectivity index (χ4v) is 4.44. The van der Waals surface area contributed by atoms with Gasteiger partial charge in [-0.15, -0.1) is 12.4 Å². The van der Waals surface area contributed by atoms with Gasteiger partial charge < -0.3 is 5.32 Å². The van der Waals surface area contributed by atoms with Gasteiger partial charge in [-0.2, -0.15) is 22.7 Å². The third kappa shape index (κ3) is 4.00. The summed E-state index contributed by atoms with van der Waals surface area (Å²) in [5, 5.41) is 11.8. The highest BCUT2D eigenvalue weighted by Crippen LogP contribution is 2.34. The number of nitriles is 1. The molecule has 1 fully saturated rings. The Morgan fingerprint density at radius 3 is 2.62 bits per heavy atom. The normalized spacial score (nSPS) is 18.9. The van der Waals surface area contributed by atoms with Crippen molar-refractivity contribution in [2.24, 2.45) is 0 Å². The van der Waals surface area contributed by atoms with E-state index in [1.165, 1.54) is 10.4 Å². The molecule has 1 aliphatic heterocycles. The monoisotopic (exact) mass is 383 g/mol. The van der Waals surface area contributed by atoms with Crippen LogP contribution in [0.4, 0.5) is 13.2 Å². The van der Waals surface area contributed by atoms with Gasteiger partial charge in [0, 0.05) is 19.1 Å². The zero-order chi connectivity index (χ0) is 17.3. The molecule has 1 N–H and O–H groups in total. The Morgan fingerprint density at radius 2 is 2.08 bits per heavy atom. The molecule has 1 aromatic rings. The van der Waals surface area contributed by atoms with Crippen LogP contribution in [-0.4, -0.2) is 38.9 Å². The van der Waals surface area contributed by atoms with Crippen molar-refractivity contribution in [2.75, 3.05) is 20.1 Å². The minimum absolute atomic E-state index is 0. The van der Waals surface area contributed by atoms with E-state index in [9.17, 15) is 21.6 Å². The summed E-state index contributed by atoms with van der Waals surface area (Å²) in [6, 6.07) is 3.54. The van der Waals surface area contributed by atoms with Gasteiger partial charge in [0.25, 0.3) is 0 Å². The van der Waals surface area contributed by atoms with E-state index in [0.717, 1.165) is 12.1 Å². The summed E-state index contributed by atoms with van der Waals surface area (Å²) in [5.74, 6) is 0. The van der Waals surface area contributed by atoms with Crippen molar-refractivity contribution in [1.82, 2.24) is 9.62 Å². The Kier molecular flexibility index (Phi) is 6.64. The summed E-state index contributed by atoms with van der Waals surface area (Å²) in [7, 11) is -2.23. The lowest BCUT2D eigenvalue weighted by Gasteiger charge is -2.24. The van der Waals surface area contributed by atoms with Gasteiger partial charge in [0.05, 0.1) is 22.1 Å². The molecular weight excluding hydrogens is 367 g/mol. The topological polar surface area (TPSA) is 73.2 Å². The maximum atomic E-state index is 12.8. The molecule has 0 amide bonds. The van der Waals surface area contributed by atoms with Crippen LogP contribution in [0, 0.1) is 11.3 Å². The molecule has 10 heteroatoms. The third-order valence-electron chi connectivity index (χ3n) is 3.79. The number of hydrogen-bond donors (Lipinski definition) is 1. The second kappa shape index (κ2) is 7.70. The Hall–Kier alpha value is -1.34. The summed E-state index contributed by atoms with van der Waals surface area (Å²) in [5.41, 5.74) is -1.82. The minimum atomic E-state index is -4.70. The van der Waals surface area contributed by atoms with Crippen molar-refractivity contribution in [1.29, 1.82) is 5.26 Å². The molecule has 24 heavy (non-hydrogen) atoms. The molecule has 0 saturated carbocycles. The van der Waals surface area contributed by atoms with E-state index in [2.05, 4.69) is 5.32 Å². The number of sulfonamides is 1. The number of rotatable bonds is 4. The highest BCUT2D eigenvalue weighted by molar-refractivity contribution is 7.89. The van der Waals surface area contributed by atoms with E-state index in [1.54, 1.807) is 7.05 Å². The van der Waals surface area contributed by atoms with E-state index < -0.39 is 27.3 Å². The first-order valence-electron chi connectivity index (χ1n) is 6.99. The molecular formula is C14H17ClF3N3O2S. The van der Waals surface area contributed by atoms with E-state index in [1.807, 2.05) is 0 Å². The number of halogens is 4. The SMILES string of the molecule is CNCC1CCCN1S(=O)(=O)c1ccc(C(F)(F)F)c(C#N)c1.Cl. The maximum absolute atomic E-state index is 12.8. The van der Waals surface area contributed by atoms with E-state index >= 15 is 0 Å². The molecule has 2 rings (SSSR count). The smallest absolute Gasteiger partial charge is 0.318 e. The van der Waals surface area contributed by atoms with Crippen LogP contribution < -0.4 is 5.32 Å². The Bertz CT molecular complexity index is 732. The third-order valence-corrected chi connectivity index (χ3v) is 5.73. The highest BCUT2D eigenvalue weighted by atomic mass is 35.5. The number of hydrogen-bond acceptors (Lipinski definition) is 4. The summed E-state index contributed by atoms with van der Waals surface area (Å²) >= 11 is 0. The largest absolute Gasteiger partial charge is 0.417 e. The van der Waals surface area contributed by atoms with Crippen molar-refractivity contribution in [2.45, 2.75) is 30.0 Å². The van der Waals surface area contributed by atoms with Crippen LogP contribution in [0.5, 0.6) is 0 Å². The molecule has 0 radical (unpaired) electrons. The highest BCUT2D eigenvalue weighted by Gasteiger charge is 2.37. The van der Waals surface area contributed by atoms with Gasteiger partial charge in [-0.3, -0.25) is 0 Å². The van der Waals surface area contributed by atoms with Crippen LogP contribution in [0.2, 0.25) is 0 Å². The Morgan fingerprint density at radius 1 is 1.42 bits per heavy atom. The molecule has 1 aromatic carbocycles. The van der Waals surface area contributed by atoms with Gasteiger partial charge in [-0.1, -0.05) is 0 Å². The molecule has 0 aliphatic carbocycles. The second-order valence-corrected chi connectivity index (χ2v) is 7.18. The number of benzene rings is 1. The lowest BCUT2D eigenvalue weighted by atomic mass is 10.1. The fraction of sp³-hybridized carbons (Fsp3) is 0.500. The minimum Gasteiger partial charge on any atom is -0.318 e. The van der Waals surface area contributed by atoms with Gasteiger partial charge in [0.1, 0.15) is 0 Å². The van der Waals surface area contributed by atoms with Crippen LogP contribution >= 0.6 is 12.4 Å². The lowest BCUT2D eigenvalue weighted by Crippen LogP contribution is -2.40. The fourth-order valence-electron chi connectivity index (χ4n) is 2.72. The lowest BCUT2D eigenvalue weighted by molar-refractivity contribution is -0.137. The molecule has 1 aliphatic rings. The molecule has 134 valence electrons. The summed E-state index contributed by atoms with van der Waals surface area (Å²) in [6.07, 6.45) is -3.32. The molecule has 1 atom stereocenters. The number of alkyl halides is 3. The zero-order valence-corrected chi connectivity index (χ0v) is 14.4. The molecule has 1 unspecified atom stereocenters. The van der Waals surface area contributed by atoms with Gasteiger partial charge in [-0.05, 0) is 38.1 Å². The Labute approximate surface area is 144 Å². The quantitative estimate of drug-likeness (QED) is 0.866. The molecule has 1 heterocycles. The molecule has 0 spiro atoms. The molecule has 0 bridgehead atoms. The molecule has 1 saturated heterocycles. The van der Waals surface area contributed by atoms with Gasteiger partial charge >= 0.3 is 6.18 Å². The van der Waals surface area contributed by atoms with Gasteiger partial charge in [-0.25, -0.2) is 8.42 Å². The maximum Gasteiger partial charge on any atom is 0.417 e. The van der Waals surface area contributed by atoms with Crippen LogP contribution in [0.1, 0.15) is 24.0 Å². The molecule has 5 nitrogen and oxygen atoms in total. The van der Waals surface area contributed by atoms with Crippen molar-refractivity contribution < 1.29 is 21.6 Å². The zero-order valence-electron chi connectivity index (χ0n) is 12.8. The van der Waals surface area contributed by atoms with Crippen molar-refractivity contribution in [3.8, 4) is 6.07 Å². The Balaban J connectivity index is 0.00000288. The van der Waals surface area contributed by atoms with Crippen molar-refractivity contribution in [3.63, 3.8) is 0 Å². The van der Waals surface area contributed by atoms with Crippen molar-refractivity contribution in [3.05, 3.63) is 29.3 Å². The average molecular weight is 384 g/mol. The van der Waals surface area contributed by atoms with E-state index in [-0.39, 0.29) is 23.3 Å². The van der Waals surface area contributed by atoms with Crippen LogP contribution in [0.15, 0.2) is 23.1 Å². The van der Waals surface area contributed by atoms with Gasteiger partial charge in [0.15, 0.2) is 0 Å². The number of nitrogens with zero attached hydrogens (tertiary/aromatic N) is 2. The predicted octanol–water partition coefficient (Wildman–Crippen LogP) is 2.37. The average Bonchev–Trinajstić information content (AvgIpc) is 2.95. The van der Waals surface area contributed by atoms with Crippen LogP contribution in [0.25, 0.3) is 0 Å². The first kappa shape index (κ1) is 20.7. The number of likely N-dealkylation sites (N-methyl/N-ethyl adjacent to an activating group) is 1. The van der Waals surface area contributed by atoms with Crippen LogP contribution in [0.3, 0.4) is 0 Å². The second-order valence-electron chi connectivity index (χ2n) is 5.29. The first-order chi connectivity index (χ1) is 10.7. The summed E-state index contributed by atoms with van der Waals surface area (Å²) < 4.78 is 65.0. The predicted molar refractivity (Wildman–Crippen MR) is 84.2 cm³/mol. The van der Waals surface area contributed by atoms with Crippen molar-refractivity contribution >= 4 is 22.4 Å². The first-order valence-corrected chi connectivity index (χ1v) is 8.43. The summed E-state index contributed by atoms with van der Waals surface area (Å²) in [4.78, 5) is -0.287. The van der Waals surface area contributed by atoms with Crippen LogP contribution in [-0.2, 0) is 16.2 Å². The van der Waals surface area contributed by atoms with Gasteiger partial charge in [0.2, 0.25) is 10.0 Å². The van der Waals surface area contributed by atoms with E-state index in [4.69, 9.17) is 5.26 Å². The number of nitrogens with one attached hydrogen (secondary N) is 1. The van der Waals surface area contributed by atoms with E-state index in [0.29, 0.717) is 32.0 Å². The standard InChI is InChI=1S/C14H16F3N3O2S.ClH/c1-19-9-11-3-2-6-20(11)23(21,22)12-4-5-13(14(15,16)17)10(7-12)8-18;/h4-5,7,11,19H,2-3,6,9H2,1H3;1H.